The molecule has 2 bridgehead atoms. The number of aromatic nitrogens is 2. The fourth-order valence-electron chi connectivity index (χ4n) is 6.04. The lowest BCUT2D eigenvalue weighted by Gasteiger charge is -2.43. The molecule has 0 spiro atoms. The second kappa shape index (κ2) is 8.94. The molecule has 1 saturated heterocycles. The number of likely N-dealkylation sites (tertiary alicyclic amines) is 1. The van der Waals surface area contributed by atoms with Gasteiger partial charge in [0, 0.05) is 61.9 Å². The van der Waals surface area contributed by atoms with Crippen LogP contribution < -0.4 is 10.3 Å². The molecule has 0 amide bonds. The molecule has 0 aliphatic carbocycles. The smallest absolute Gasteiger partial charge is 0.275 e. The summed E-state index contributed by atoms with van der Waals surface area (Å²) < 4.78 is 32.0. The van der Waals surface area contributed by atoms with E-state index in [9.17, 15) is 13.2 Å². The molecule has 2 aromatic carbocycles. The average Bonchev–Trinajstić information content (AvgIpc) is 3.16. The lowest BCUT2D eigenvalue weighted by molar-refractivity contribution is 0.115. The zero-order valence-electron chi connectivity index (χ0n) is 20.3. The van der Waals surface area contributed by atoms with Gasteiger partial charge in [-0.25, -0.2) is 8.42 Å². The normalized spacial score (nSPS) is 19.8. The molecule has 2 aliphatic rings. The van der Waals surface area contributed by atoms with E-state index in [-0.39, 0.29) is 22.9 Å². The highest BCUT2D eigenvalue weighted by Gasteiger charge is 2.35. The first kappa shape index (κ1) is 23.1. The van der Waals surface area contributed by atoms with Gasteiger partial charge in [-0.1, -0.05) is 48.5 Å². The van der Waals surface area contributed by atoms with Gasteiger partial charge in [0.2, 0.25) is 10.0 Å². The van der Waals surface area contributed by atoms with Gasteiger partial charge in [0.15, 0.2) is 0 Å². The fourth-order valence-corrected chi connectivity index (χ4v) is 7.24. The highest BCUT2D eigenvalue weighted by molar-refractivity contribution is 7.91. The quantitative estimate of drug-likeness (QED) is 0.434. The van der Waals surface area contributed by atoms with Crippen molar-refractivity contribution < 1.29 is 8.42 Å². The zero-order chi connectivity index (χ0) is 24.9. The van der Waals surface area contributed by atoms with Crippen LogP contribution in [0.1, 0.15) is 29.2 Å². The predicted molar refractivity (Wildman–Crippen MR) is 142 cm³/mol. The summed E-state index contributed by atoms with van der Waals surface area (Å²) in [4.78, 5) is 15.8. The van der Waals surface area contributed by atoms with Crippen LogP contribution in [0.25, 0.3) is 10.9 Å². The Bertz CT molecular complexity index is 1590. The van der Waals surface area contributed by atoms with Crippen LogP contribution in [0.3, 0.4) is 0 Å². The molecule has 1 N–H and O–H groups in total. The summed E-state index contributed by atoms with van der Waals surface area (Å²) in [5.41, 5.74) is 4.13. The average molecular weight is 503 g/mol. The van der Waals surface area contributed by atoms with E-state index in [1.54, 1.807) is 34.9 Å². The molecule has 1 fully saturated rings. The Morgan fingerprint density at radius 1 is 0.944 bits per heavy atom. The molecular formula is C28H30N4O3S. The number of hydrogen-bond donors (Lipinski definition) is 1. The van der Waals surface area contributed by atoms with Gasteiger partial charge in [0.05, 0.1) is 5.75 Å². The third-order valence-corrected chi connectivity index (χ3v) is 8.76. The number of pyridine rings is 1. The Morgan fingerprint density at radius 2 is 1.72 bits per heavy atom. The number of anilines is 1. The summed E-state index contributed by atoms with van der Waals surface area (Å²) in [6.45, 7) is 3.31. The summed E-state index contributed by atoms with van der Waals surface area (Å²) in [5.74, 6) is 0.457. The number of nitrogens with zero attached hydrogens (tertiary/aromatic N) is 3. The molecule has 4 aromatic rings. The second-order valence-electron chi connectivity index (χ2n) is 10.2. The second-order valence-corrected chi connectivity index (χ2v) is 11.9. The van der Waals surface area contributed by atoms with E-state index in [1.807, 2.05) is 12.1 Å². The number of para-hydroxylation sites is 1. The van der Waals surface area contributed by atoms with Crippen LogP contribution in [0.15, 0.2) is 77.7 Å². The van der Waals surface area contributed by atoms with E-state index < -0.39 is 10.0 Å². The third-order valence-electron chi connectivity index (χ3n) is 7.52. The van der Waals surface area contributed by atoms with Crippen molar-refractivity contribution in [3.8, 4) is 0 Å². The molecule has 2 atom stereocenters. The van der Waals surface area contributed by atoms with Gasteiger partial charge < -0.3 is 9.13 Å². The highest BCUT2D eigenvalue weighted by Crippen LogP contribution is 2.36. The van der Waals surface area contributed by atoms with Gasteiger partial charge in [-0.2, -0.15) is 0 Å². The molecule has 186 valence electrons. The van der Waals surface area contributed by atoms with E-state index in [0.717, 1.165) is 31.7 Å². The Balaban J connectivity index is 1.22. The molecule has 36 heavy (non-hydrogen) atoms. The van der Waals surface area contributed by atoms with Crippen molar-refractivity contribution >= 4 is 26.6 Å². The molecule has 0 radical (unpaired) electrons. The Labute approximate surface area is 211 Å². The van der Waals surface area contributed by atoms with Gasteiger partial charge in [-0.3, -0.25) is 14.4 Å². The van der Waals surface area contributed by atoms with Crippen molar-refractivity contribution in [2.24, 2.45) is 13.0 Å². The van der Waals surface area contributed by atoms with Crippen molar-refractivity contribution in [3.05, 3.63) is 100 Å². The molecule has 7 nitrogen and oxygen atoms in total. The number of sulfonamides is 1. The first-order valence-corrected chi connectivity index (χ1v) is 14.0. The number of hydrogen-bond acceptors (Lipinski definition) is 4. The first-order valence-electron chi connectivity index (χ1n) is 12.4. The van der Waals surface area contributed by atoms with Gasteiger partial charge in [0.25, 0.3) is 5.56 Å². The maximum absolute atomic E-state index is 13.3. The zero-order valence-corrected chi connectivity index (χ0v) is 21.1. The maximum atomic E-state index is 13.3. The Morgan fingerprint density at radius 3 is 2.56 bits per heavy atom. The minimum atomic E-state index is -3.69. The summed E-state index contributed by atoms with van der Waals surface area (Å²) >= 11 is 0. The van der Waals surface area contributed by atoms with Crippen LogP contribution in [0, 0.1) is 5.92 Å². The molecular weight excluding hydrogens is 472 g/mol. The minimum absolute atomic E-state index is 0.127. The van der Waals surface area contributed by atoms with Crippen molar-refractivity contribution in [1.82, 2.24) is 14.0 Å². The largest absolute Gasteiger partial charge is 0.350 e. The number of piperidine rings is 1. The third kappa shape index (κ3) is 4.35. The molecule has 8 heteroatoms. The lowest BCUT2D eigenvalue weighted by Crippen LogP contribution is -2.47. The topological polar surface area (TPSA) is 76.3 Å². The number of benzene rings is 2. The van der Waals surface area contributed by atoms with Crippen LogP contribution in [0.2, 0.25) is 0 Å². The monoisotopic (exact) mass is 502 g/mol. The van der Waals surface area contributed by atoms with E-state index in [2.05, 4.69) is 51.7 Å². The number of rotatable bonds is 6. The molecule has 2 aliphatic heterocycles. The van der Waals surface area contributed by atoms with Crippen molar-refractivity contribution in [1.29, 1.82) is 0 Å². The maximum Gasteiger partial charge on any atom is 0.275 e. The van der Waals surface area contributed by atoms with Crippen molar-refractivity contribution in [2.75, 3.05) is 17.8 Å². The van der Waals surface area contributed by atoms with Crippen LogP contribution >= 0.6 is 0 Å². The van der Waals surface area contributed by atoms with E-state index in [0.29, 0.717) is 18.0 Å². The SMILES string of the molecule is Cn1cc(CN2CC3CC(C2)c2ccc(NS(=O)(=O)Cc4ccccc4)c(=O)n2C3)c2ccccc21. The van der Waals surface area contributed by atoms with E-state index in [4.69, 9.17) is 0 Å². The predicted octanol–water partition coefficient (Wildman–Crippen LogP) is 3.90. The Hall–Kier alpha value is -3.36. The number of aryl methyl sites for hydroxylation is 1. The minimum Gasteiger partial charge on any atom is -0.350 e. The number of nitrogens with one attached hydrogen (secondary N) is 1. The van der Waals surface area contributed by atoms with E-state index >= 15 is 0 Å². The summed E-state index contributed by atoms with van der Waals surface area (Å²) in [5, 5.41) is 1.29. The molecule has 6 rings (SSSR count). The molecule has 0 saturated carbocycles. The van der Waals surface area contributed by atoms with Gasteiger partial charge in [-0.15, -0.1) is 0 Å². The lowest BCUT2D eigenvalue weighted by atomic mass is 9.83. The van der Waals surface area contributed by atoms with Crippen molar-refractivity contribution in [3.63, 3.8) is 0 Å². The van der Waals surface area contributed by atoms with Crippen LogP contribution in [-0.4, -0.2) is 35.5 Å². The summed E-state index contributed by atoms with van der Waals surface area (Å²) in [7, 11) is -1.60. The highest BCUT2D eigenvalue weighted by atomic mass is 32.2. The van der Waals surface area contributed by atoms with Gasteiger partial charge >= 0.3 is 0 Å². The fraction of sp³-hybridized carbons (Fsp3) is 0.321. The molecule has 2 unspecified atom stereocenters. The first-order chi connectivity index (χ1) is 17.4. The van der Waals surface area contributed by atoms with Crippen LogP contribution in [0.4, 0.5) is 5.69 Å². The Kier molecular flexibility index (Phi) is 5.73. The molecule has 2 aromatic heterocycles. The van der Waals surface area contributed by atoms with Gasteiger partial charge in [-0.05, 0) is 41.7 Å². The van der Waals surface area contributed by atoms with Crippen LogP contribution in [-0.2, 0) is 35.9 Å². The summed E-state index contributed by atoms with van der Waals surface area (Å²) in [6.07, 6.45) is 3.28. The van der Waals surface area contributed by atoms with Gasteiger partial charge in [0.1, 0.15) is 5.69 Å². The van der Waals surface area contributed by atoms with Crippen LogP contribution in [0.5, 0.6) is 0 Å². The van der Waals surface area contributed by atoms with E-state index in [1.165, 1.54) is 16.5 Å². The number of fused-ring (bicyclic) bond motifs is 5. The van der Waals surface area contributed by atoms with Crippen molar-refractivity contribution in [2.45, 2.75) is 31.2 Å². The standard InChI is InChI=1S/C28H30N4O3S/c1-30-16-23(24-9-5-6-10-27(24)30)18-31-14-21-13-22(17-31)26-12-11-25(28(33)32(26)15-21)29-36(34,35)19-20-7-3-2-4-8-20/h2-12,16,21-22,29H,13-15,17-19H2,1H3. The molecule has 4 heterocycles. The summed E-state index contributed by atoms with van der Waals surface area (Å²) in [6, 6.07) is 21.1.